The van der Waals surface area contributed by atoms with Gasteiger partial charge in [-0.15, -0.1) is 0 Å². The van der Waals surface area contributed by atoms with Gasteiger partial charge in [0.05, 0.1) is 16.3 Å². The Morgan fingerprint density at radius 1 is 0.788 bits per heavy atom. The molecule has 2 N–H and O–H groups in total. The van der Waals surface area contributed by atoms with Crippen LogP contribution in [0.2, 0.25) is 10.0 Å². The van der Waals surface area contributed by atoms with E-state index in [1.807, 2.05) is 0 Å². The van der Waals surface area contributed by atoms with Crippen molar-refractivity contribution in [3.8, 4) is 28.2 Å². The predicted molar refractivity (Wildman–Crippen MR) is 121 cm³/mol. The van der Waals surface area contributed by atoms with Crippen molar-refractivity contribution < 1.29 is 21.6 Å². The van der Waals surface area contributed by atoms with Gasteiger partial charge in [-0.25, -0.2) is 18.2 Å². The average Bonchev–Trinajstić information content (AvgIpc) is 3.15. The standard InChI is InChI=1S/C22H14Cl2F3N3O2S/c23-15-5-1-13(2-6-15)20-19(22(25,26)27)21(14-3-7-16(24)8-4-14)30(29-20)17-9-11-18(12-10-17)33(28,31)32/h1-12H,(H2,28,31,32). The zero-order valence-electron chi connectivity index (χ0n) is 16.5. The third kappa shape index (κ3) is 4.77. The van der Waals surface area contributed by atoms with Crippen LogP contribution in [0.5, 0.6) is 0 Å². The minimum Gasteiger partial charge on any atom is -0.232 e. The van der Waals surface area contributed by atoms with Gasteiger partial charge < -0.3 is 0 Å². The Balaban J connectivity index is 2.04. The maximum atomic E-state index is 14.4. The number of sulfonamides is 1. The van der Waals surface area contributed by atoms with Crippen LogP contribution >= 0.6 is 23.2 Å². The van der Waals surface area contributed by atoms with Crippen LogP contribution in [-0.2, 0) is 16.2 Å². The zero-order chi connectivity index (χ0) is 24.0. The topological polar surface area (TPSA) is 78.0 Å². The highest BCUT2D eigenvalue weighted by Gasteiger charge is 2.41. The fourth-order valence-electron chi connectivity index (χ4n) is 3.33. The summed E-state index contributed by atoms with van der Waals surface area (Å²) in [5.41, 5.74) is -0.857. The van der Waals surface area contributed by atoms with E-state index in [4.69, 9.17) is 28.3 Å². The molecule has 0 saturated heterocycles. The van der Waals surface area contributed by atoms with Crippen molar-refractivity contribution in [3.05, 3.63) is 88.4 Å². The van der Waals surface area contributed by atoms with Gasteiger partial charge in [0.2, 0.25) is 10.0 Å². The van der Waals surface area contributed by atoms with Crippen molar-refractivity contribution in [1.29, 1.82) is 0 Å². The number of nitrogens with zero attached hydrogens (tertiary/aromatic N) is 2. The normalized spacial score (nSPS) is 12.2. The SMILES string of the molecule is NS(=O)(=O)c1ccc(-n2nc(-c3ccc(Cl)cc3)c(C(F)(F)F)c2-c2ccc(Cl)cc2)cc1. The summed E-state index contributed by atoms with van der Waals surface area (Å²) >= 11 is 11.8. The molecule has 170 valence electrons. The summed E-state index contributed by atoms with van der Waals surface area (Å²) < 4.78 is 67.4. The van der Waals surface area contributed by atoms with E-state index < -0.39 is 21.8 Å². The number of alkyl halides is 3. The highest BCUT2D eigenvalue weighted by molar-refractivity contribution is 7.89. The quantitative estimate of drug-likeness (QED) is 0.355. The number of hydrogen-bond acceptors (Lipinski definition) is 3. The van der Waals surface area contributed by atoms with Gasteiger partial charge in [0.1, 0.15) is 11.3 Å². The first-order valence-electron chi connectivity index (χ1n) is 9.30. The van der Waals surface area contributed by atoms with E-state index in [0.717, 1.165) is 4.68 Å². The Labute approximate surface area is 197 Å². The molecule has 0 spiro atoms. The minimum atomic E-state index is -4.76. The molecule has 11 heteroatoms. The van der Waals surface area contributed by atoms with Crippen LogP contribution in [-0.4, -0.2) is 18.2 Å². The summed E-state index contributed by atoms with van der Waals surface area (Å²) in [7, 11) is -3.98. The van der Waals surface area contributed by atoms with Crippen LogP contribution < -0.4 is 5.14 Å². The van der Waals surface area contributed by atoms with Gasteiger partial charge in [-0.2, -0.15) is 18.3 Å². The maximum absolute atomic E-state index is 14.4. The van der Waals surface area contributed by atoms with Crippen molar-refractivity contribution >= 4 is 33.2 Å². The minimum absolute atomic E-state index is 0.180. The first-order valence-corrected chi connectivity index (χ1v) is 11.6. The van der Waals surface area contributed by atoms with Crippen molar-refractivity contribution in [2.24, 2.45) is 5.14 Å². The fraction of sp³-hybridized carbons (Fsp3) is 0.0455. The summed E-state index contributed by atoms with van der Waals surface area (Å²) in [4.78, 5) is -0.180. The molecule has 33 heavy (non-hydrogen) atoms. The number of hydrogen-bond donors (Lipinski definition) is 1. The summed E-state index contributed by atoms with van der Waals surface area (Å²) in [6.07, 6.45) is -4.76. The molecule has 0 bridgehead atoms. The summed E-state index contributed by atoms with van der Waals surface area (Å²) in [6, 6.07) is 16.7. The molecule has 0 saturated carbocycles. The van der Waals surface area contributed by atoms with Crippen molar-refractivity contribution in [3.63, 3.8) is 0 Å². The van der Waals surface area contributed by atoms with Crippen LogP contribution in [0, 0.1) is 0 Å². The van der Waals surface area contributed by atoms with Crippen molar-refractivity contribution in [2.75, 3.05) is 0 Å². The predicted octanol–water partition coefficient (Wildman–Crippen LogP) is 6.18. The monoisotopic (exact) mass is 511 g/mol. The van der Waals surface area contributed by atoms with E-state index in [0.29, 0.717) is 10.0 Å². The smallest absolute Gasteiger partial charge is 0.232 e. The van der Waals surface area contributed by atoms with Crippen molar-refractivity contribution in [1.82, 2.24) is 9.78 Å². The number of primary sulfonamides is 1. The van der Waals surface area contributed by atoms with E-state index >= 15 is 0 Å². The molecule has 4 aromatic rings. The Bertz CT molecular complexity index is 1420. The van der Waals surface area contributed by atoms with E-state index in [9.17, 15) is 21.6 Å². The average molecular weight is 512 g/mol. The summed E-state index contributed by atoms with van der Waals surface area (Å²) in [5.74, 6) is 0. The fourth-order valence-corrected chi connectivity index (χ4v) is 4.10. The molecule has 0 atom stereocenters. The van der Waals surface area contributed by atoms with Crippen LogP contribution in [0.1, 0.15) is 5.56 Å². The molecule has 0 radical (unpaired) electrons. The van der Waals surface area contributed by atoms with Crippen LogP contribution in [0.3, 0.4) is 0 Å². The van der Waals surface area contributed by atoms with Crippen LogP contribution in [0.25, 0.3) is 28.2 Å². The van der Waals surface area contributed by atoms with Gasteiger partial charge in [-0.05, 0) is 48.5 Å². The molecule has 1 aromatic heterocycles. The maximum Gasteiger partial charge on any atom is 0.420 e. The van der Waals surface area contributed by atoms with E-state index in [2.05, 4.69) is 5.10 Å². The lowest BCUT2D eigenvalue weighted by Crippen LogP contribution is -2.12. The Kier molecular flexibility index (Phi) is 6.00. The lowest BCUT2D eigenvalue weighted by molar-refractivity contribution is -0.136. The Hall–Kier alpha value is -2.85. The zero-order valence-corrected chi connectivity index (χ0v) is 18.8. The molecule has 5 nitrogen and oxygen atoms in total. The molecular weight excluding hydrogens is 498 g/mol. The van der Waals surface area contributed by atoms with Gasteiger partial charge in [0.25, 0.3) is 0 Å². The van der Waals surface area contributed by atoms with Crippen molar-refractivity contribution in [2.45, 2.75) is 11.1 Å². The van der Waals surface area contributed by atoms with E-state index in [-0.39, 0.29) is 33.1 Å². The highest BCUT2D eigenvalue weighted by Crippen LogP contribution is 2.44. The lowest BCUT2D eigenvalue weighted by atomic mass is 10.0. The molecule has 0 aliphatic carbocycles. The molecule has 1 heterocycles. The molecule has 0 unspecified atom stereocenters. The summed E-state index contributed by atoms with van der Waals surface area (Å²) in [5, 5.41) is 10.1. The number of rotatable bonds is 4. The third-order valence-electron chi connectivity index (χ3n) is 4.81. The number of aromatic nitrogens is 2. The first-order chi connectivity index (χ1) is 15.4. The third-order valence-corrected chi connectivity index (χ3v) is 6.25. The van der Waals surface area contributed by atoms with Gasteiger partial charge in [-0.3, -0.25) is 0 Å². The summed E-state index contributed by atoms with van der Waals surface area (Å²) in [6.45, 7) is 0. The largest absolute Gasteiger partial charge is 0.420 e. The number of benzene rings is 3. The number of halogens is 5. The molecular formula is C22H14Cl2F3N3O2S. The highest BCUT2D eigenvalue weighted by atomic mass is 35.5. The second-order valence-electron chi connectivity index (χ2n) is 7.03. The van der Waals surface area contributed by atoms with Gasteiger partial charge in [0, 0.05) is 21.2 Å². The van der Waals surface area contributed by atoms with Crippen LogP contribution in [0.4, 0.5) is 13.2 Å². The molecule has 0 aliphatic rings. The molecule has 4 rings (SSSR count). The van der Waals surface area contributed by atoms with Gasteiger partial charge in [-0.1, -0.05) is 47.5 Å². The second-order valence-corrected chi connectivity index (χ2v) is 9.47. The van der Waals surface area contributed by atoms with Crippen LogP contribution in [0.15, 0.2) is 77.7 Å². The Morgan fingerprint density at radius 2 is 1.27 bits per heavy atom. The molecule has 0 amide bonds. The first kappa shape index (κ1) is 23.3. The lowest BCUT2D eigenvalue weighted by Gasteiger charge is -2.13. The van der Waals surface area contributed by atoms with E-state index in [1.54, 1.807) is 0 Å². The number of nitrogens with two attached hydrogens (primary N) is 1. The van der Waals surface area contributed by atoms with Gasteiger partial charge >= 0.3 is 6.18 Å². The van der Waals surface area contributed by atoms with Gasteiger partial charge in [0.15, 0.2) is 0 Å². The Morgan fingerprint density at radius 3 is 1.73 bits per heavy atom. The van der Waals surface area contributed by atoms with E-state index in [1.165, 1.54) is 72.8 Å². The molecule has 0 aliphatic heterocycles. The molecule has 3 aromatic carbocycles. The molecule has 0 fully saturated rings. The second kappa shape index (κ2) is 8.49.